The van der Waals surface area contributed by atoms with Crippen LogP contribution in [0.2, 0.25) is 0 Å². The molecular formula is C8H10N6O2. The summed E-state index contributed by atoms with van der Waals surface area (Å²) in [5.41, 5.74) is 4.74. The fourth-order valence-electron chi connectivity index (χ4n) is 1.36. The maximum absolute atomic E-state index is 11.8. The van der Waals surface area contributed by atoms with Crippen LogP contribution in [0.1, 0.15) is 23.8 Å². The topological polar surface area (TPSA) is 108 Å². The monoisotopic (exact) mass is 222 g/mol. The minimum Gasteiger partial charge on any atom is -0.364 e. The molecule has 2 rings (SSSR count). The number of carbonyl (C=O) groups is 1. The van der Waals surface area contributed by atoms with Gasteiger partial charge in [-0.3, -0.25) is 4.79 Å². The number of primary amides is 1. The van der Waals surface area contributed by atoms with Crippen molar-refractivity contribution in [1.29, 1.82) is 0 Å². The summed E-state index contributed by atoms with van der Waals surface area (Å²) in [7, 11) is 0. The zero-order valence-corrected chi connectivity index (χ0v) is 8.62. The number of nitrogens with zero attached hydrogens (tertiary/aromatic N) is 5. The van der Waals surface area contributed by atoms with E-state index in [1.54, 1.807) is 0 Å². The number of amides is 1. The van der Waals surface area contributed by atoms with Crippen molar-refractivity contribution >= 4 is 11.6 Å². The van der Waals surface area contributed by atoms with Crippen molar-refractivity contribution in [1.82, 2.24) is 24.4 Å². The Hall–Kier alpha value is -2.25. The Bertz CT molecular complexity index is 598. The Labute approximate surface area is 89.7 Å². The van der Waals surface area contributed by atoms with Crippen LogP contribution >= 0.6 is 0 Å². The van der Waals surface area contributed by atoms with E-state index < -0.39 is 5.91 Å². The minimum atomic E-state index is -0.732. The van der Waals surface area contributed by atoms with Crippen LogP contribution in [0.5, 0.6) is 0 Å². The average molecular weight is 222 g/mol. The van der Waals surface area contributed by atoms with Gasteiger partial charge in [-0.1, -0.05) is 12.1 Å². The Morgan fingerprint density at radius 2 is 2.31 bits per heavy atom. The second-order valence-corrected chi connectivity index (χ2v) is 3.25. The number of aryl methyl sites for hydroxylation is 1. The van der Waals surface area contributed by atoms with Crippen molar-refractivity contribution in [2.75, 3.05) is 0 Å². The molecule has 0 saturated carbocycles. The third kappa shape index (κ3) is 1.44. The van der Waals surface area contributed by atoms with Gasteiger partial charge < -0.3 is 5.73 Å². The predicted molar refractivity (Wildman–Crippen MR) is 53.9 cm³/mol. The van der Waals surface area contributed by atoms with Crippen LogP contribution in [0.3, 0.4) is 0 Å². The number of carbonyl (C=O) groups excluding carboxylic acids is 1. The number of rotatable bonds is 3. The molecule has 2 N–H and O–H groups in total. The maximum atomic E-state index is 11.8. The van der Waals surface area contributed by atoms with Crippen LogP contribution in [0.4, 0.5) is 0 Å². The summed E-state index contributed by atoms with van der Waals surface area (Å²) in [5.74, 6) is -0.732. The van der Waals surface area contributed by atoms with Crippen molar-refractivity contribution in [3.8, 4) is 0 Å². The first-order valence-electron chi connectivity index (χ1n) is 4.75. The van der Waals surface area contributed by atoms with Crippen molar-refractivity contribution in [2.24, 2.45) is 5.73 Å². The van der Waals surface area contributed by atoms with Gasteiger partial charge in [-0.15, -0.1) is 5.10 Å². The van der Waals surface area contributed by atoms with Crippen LogP contribution in [0.25, 0.3) is 5.65 Å². The summed E-state index contributed by atoms with van der Waals surface area (Å²) in [6.45, 7) is 2.38. The summed E-state index contributed by atoms with van der Waals surface area (Å²) in [6, 6.07) is 0. The fourth-order valence-corrected chi connectivity index (χ4v) is 1.36. The molecule has 0 aliphatic carbocycles. The molecule has 8 heteroatoms. The zero-order chi connectivity index (χ0) is 11.7. The number of hydrogen-bond donors (Lipinski definition) is 1. The first-order chi connectivity index (χ1) is 7.65. The van der Waals surface area contributed by atoms with Crippen LogP contribution < -0.4 is 11.4 Å². The number of hydrogen-bond acceptors (Lipinski definition) is 5. The molecule has 8 nitrogen and oxygen atoms in total. The number of nitrogens with two attached hydrogens (primary N) is 1. The molecule has 0 radical (unpaired) electrons. The molecule has 2 aromatic heterocycles. The Balaban J connectivity index is 2.69. The quantitative estimate of drug-likeness (QED) is 0.701. The predicted octanol–water partition coefficient (Wildman–Crippen LogP) is -1.21. The van der Waals surface area contributed by atoms with E-state index in [1.165, 1.54) is 11.0 Å². The first kappa shape index (κ1) is 10.3. The SMILES string of the molecule is CCCn1nnc2c(C(N)=O)ncn2c1=O. The zero-order valence-electron chi connectivity index (χ0n) is 8.62. The number of aromatic nitrogens is 5. The van der Waals surface area contributed by atoms with Crippen molar-refractivity contribution in [3.05, 3.63) is 22.5 Å². The number of imidazole rings is 1. The summed E-state index contributed by atoms with van der Waals surface area (Å²) in [6.07, 6.45) is 1.98. The van der Waals surface area contributed by atoms with E-state index in [0.717, 1.165) is 10.8 Å². The standard InChI is InChI=1S/C8H10N6O2/c1-2-3-14-8(16)13-4-10-5(6(9)15)7(13)11-12-14/h4H,2-3H2,1H3,(H2,9,15). The van der Waals surface area contributed by atoms with Crippen molar-refractivity contribution in [2.45, 2.75) is 19.9 Å². The summed E-state index contributed by atoms with van der Waals surface area (Å²) in [5, 5.41) is 7.45. The van der Waals surface area contributed by atoms with Gasteiger partial charge in [0.15, 0.2) is 11.3 Å². The van der Waals surface area contributed by atoms with Gasteiger partial charge in [0, 0.05) is 6.54 Å². The summed E-state index contributed by atoms with van der Waals surface area (Å²) in [4.78, 5) is 26.5. The molecule has 0 bridgehead atoms. The first-order valence-corrected chi connectivity index (χ1v) is 4.75. The molecule has 0 aliphatic heterocycles. The molecule has 16 heavy (non-hydrogen) atoms. The molecule has 0 spiro atoms. The second kappa shape index (κ2) is 3.72. The van der Waals surface area contributed by atoms with E-state index in [0.29, 0.717) is 6.54 Å². The third-order valence-electron chi connectivity index (χ3n) is 2.09. The van der Waals surface area contributed by atoms with Crippen LogP contribution in [0.15, 0.2) is 11.1 Å². The van der Waals surface area contributed by atoms with E-state index >= 15 is 0 Å². The normalized spacial score (nSPS) is 10.8. The lowest BCUT2D eigenvalue weighted by atomic mass is 10.4. The molecular weight excluding hydrogens is 212 g/mol. The van der Waals surface area contributed by atoms with Gasteiger partial charge in [0.25, 0.3) is 5.91 Å². The van der Waals surface area contributed by atoms with Crippen molar-refractivity contribution in [3.63, 3.8) is 0 Å². The van der Waals surface area contributed by atoms with E-state index in [4.69, 9.17) is 5.73 Å². The average Bonchev–Trinajstić information content (AvgIpc) is 2.67. The van der Waals surface area contributed by atoms with Gasteiger partial charge in [-0.2, -0.15) is 4.68 Å². The lowest BCUT2D eigenvalue weighted by Gasteiger charge is -2.00. The number of fused-ring (bicyclic) bond motifs is 1. The van der Waals surface area contributed by atoms with Gasteiger partial charge >= 0.3 is 5.69 Å². The largest absolute Gasteiger partial charge is 0.364 e. The van der Waals surface area contributed by atoms with Crippen LogP contribution in [0, 0.1) is 0 Å². The third-order valence-corrected chi connectivity index (χ3v) is 2.09. The van der Waals surface area contributed by atoms with E-state index in [2.05, 4.69) is 15.3 Å². The molecule has 2 heterocycles. The van der Waals surface area contributed by atoms with Gasteiger partial charge in [-0.05, 0) is 6.42 Å². The molecule has 1 amide bonds. The second-order valence-electron chi connectivity index (χ2n) is 3.25. The highest BCUT2D eigenvalue weighted by atomic mass is 16.2. The van der Waals surface area contributed by atoms with Crippen molar-refractivity contribution < 1.29 is 4.79 Å². The van der Waals surface area contributed by atoms with Crippen LogP contribution in [-0.2, 0) is 6.54 Å². The molecule has 2 aromatic rings. The van der Waals surface area contributed by atoms with Gasteiger partial charge in [0.05, 0.1) is 0 Å². The van der Waals surface area contributed by atoms with E-state index in [9.17, 15) is 9.59 Å². The lowest BCUT2D eigenvalue weighted by Crippen LogP contribution is -2.30. The lowest BCUT2D eigenvalue weighted by molar-refractivity contribution is 0.0997. The fraction of sp³-hybridized carbons (Fsp3) is 0.375. The highest BCUT2D eigenvalue weighted by molar-refractivity contribution is 5.96. The molecule has 0 aromatic carbocycles. The summed E-state index contributed by atoms with van der Waals surface area (Å²) < 4.78 is 2.36. The minimum absolute atomic E-state index is 0.0479. The Kier molecular flexibility index (Phi) is 2.39. The van der Waals surface area contributed by atoms with Gasteiger partial charge in [-0.25, -0.2) is 14.2 Å². The molecule has 0 aliphatic rings. The molecule has 0 unspecified atom stereocenters. The molecule has 0 saturated heterocycles. The maximum Gasteiger partial charge on any atom is 0.352 e. The van der Waals surface area contributed by atoms with Gasteiger partial charge in [0.2, 0.25) is 0 Å². The van der Waals surface area contributed by atoms with E-state index in [-0.39, 0.29) is 17.0 Å². The highest BCUT2D eigenvalue weighted by Crippen LogP contribution is 2.00. The smallest absolute Gasteiger partial charge is 0.352 e. The summed E-state index contributed by atoms with van der Waals surface area (Å²) >= 11 is 0. The Morgan fingerprint density at radius 1 is 1.56 bits per heavy atom. The van der Waals surface area contributed by atoms with Crippen LogP contribution in [-0.4, -0.2) is 30.3 Å². The van der Waals surface area contributed by atoms with E-state index in [1.807, 2.05) is 6.92 Å². The highest BCUT2D eigenvalue weighted by Gasteiger charge is 2.14. The Morgan fingerprint density at radius 3 is 2.94 bits per heavy atom. The molecule has 0 fully saturated rings. The van der Waals surface area contributed by atoms with Gasteiger partial charge in [0.1, 0.15) is 6.33 Å². The molecule has 0 atom stereocenters. The molecule has 84 valence electrons.